The number of carbonyl (C=O) groups is 3. The predicted octanol–water partition coefficient (Wildman–Crippen LogP) is 4.76. The molecule has 2 aromatic carbocycles. The van der Waals surface area contributed by atoms with Gasteiger partial charge in [0.1, 0.15) is 5.76 Å². The van der Waals surface area contributed by atoms with E-state index < -0.39 is 17.7 Å². The molecule has 0 aliphatic carbocycles. The van der Waals surface area contributed by atoms with Crippen molar-refractivity contribution in [2.24, 2.45) is 0 Å². The zero-order valence-corrected chi connectivity index (χ0v) is 17.8. The van der Waals surface area contributed by atoms with E-state index in [4.69, 9.17) is 4.42 Å². The molecule has 0 bridgehead atoms. The number of aryl methyl sites for hydroxylation is 1. The fourth-order valence-corrected chi connectivity index (χ4v) is 4.21. The minimum atomic E-state index is -0.452. The number of fused-ring (bicyclic) bond motifs is 1. The first-order chi connectivity index (χ1) is 15.5. The molecule has 0 saturated heterocycles. The zero-order valence-electron chi connectivity index (χ0n) is 17.0. The topological polar surface area (TPSA) is 92.5 Å². The monoisotopic (exact) mass is 443 g/mol. The van der Waals surface area contributed by atoms with Crippen molar-refractivity contribution in [3.63, 3.8) is 0 Å². The molecule has 8 heteroatoms. The number of amides is 3. The van der Waals surface area contributed by atoms with Crippen LogP contribution in [0.15, 0.2) is 70.7 Å². The van der Waals surface area contributed by atoms with Crippen molar-refractivity contribution in [3.8, 4) is 11.3 Å². The molecule has 3 heterocycles. The van der Waals surface area contributed by atoms with Crippen molar-refractivity contribution < 1.29 is 18.8 Å². The van der Waals surface area contributed by atoms with E-state index in [1.54, 1.807) is 12.1 Å². The molecule has 2 aromatic heterocycles. The number of aromatic nitrogens is 1. The number of furan rings is 1. The van der Waals surface area contributed by atoms with Crippen LogP contribution in [0.25, 0.3) is 11.3 Å². The van der Waals surface area contributed by atoms with Gasteiger partial charge in [0.15, 0.2) is 5.13 Å². The Morgan fingerprint density at radius 1 is 1.06 bits per heavy atom. The van der Waals surface area contributed by atoms with Gasteiger partial charge in [0.25, 0.3) is 17.7 Å². The van der Waals surface area contributed by atoms with Crippen LogP contribution < -0.4 is 5.32 Å². The van der Waals surface area contributed by atoms with Crippen LogP contribution in [0.5, 0.6) is 0 Å². The third-order valence-corrected chi connectivity index (χ3v) is 5.96. The van der Waals surface area contributed by atoms with E-state index in [1.165, 1.54) is 35.8 Å². The summed E-state index contributed by atoms with van der Waals surface area (Å²) in [7, 11) is 0. The van der Waals surface area contributed by atoms with Gasteiger partial charge in [-0.2, -0.15) is 0 Å². The van der Waals surface area contributed by atoms with Gasteiger partial charge in [0, 0.05) is 16.5 Å². The van der Waals surface area contributed by atoms with Gasteiger partial charge in [-0.15, -0.1) is 11.3 Å². The summed E-state index contributed by atoms with van der Waals surface area (Å²) in [6.07, 6.45) is 1.48. The Morgan fingerprint density at radius 3 is 2.59 bits per heavy atom. The molecule has 4 aromatic rings. The zero-order chi connectivity index (χ0) is 22.2. The quantitative estimate of drug-likeness (QED) is 0.449. The number of nitrogens with one attached hydrogen (secondary N) is 1. The van der Waals surface area contributed by atoms with Crippen LogP contribution in [-0.2, 0) is 6.54 Å². The van der Waals surface area contributed by atoms with Gasteiger partial charge >= 0.3 is 0 Å². The molecule has 7 nitrogen and oxygen atoms in total. The van der Waals surface area contributed by atoms with Crippen LogP contribution >= 0.6 is 11.3 Å². The van der Waals surface area contributed by atoms with Crippen molar-refractivity contribution >= 4 is 34.2 Å². The Hall–Kier alpha value is -4.04. The maximum atomic E-state index is 12.8. The Morgan fingerprint density at radius 2 is 1.84 bits per heavy atom. The minimum Gasteiger partial charge on any atom is -0.467 e. The van der Waals surface area contributed by atoms with Crippen molar-refractivity contribution in [1.29, 1.82) is 0 Å². The first-order valence-electron chi connectivity index (χ1n) is 9.86. The average Bonchev–Trinajstić information content (AvgIpc) is 3.53. The van der Waals surface area contributed by atoms with Gasteiger partial charge in [-0.1, -0.05) is 29.8 Å². The molecule has 0 fully saturated rings. The van der Waals surface area contributed by atoms with Crippen LogP contribution in [0.4, 0.5) is 5.13 Å². The van der Waals surface area contributed by atoms with Gasteiger partial charge in [0.05, 0.1) is 29.6 Å². The molecule has 0 unspecified atom stereocenters. The SMILES string of the molecule is Cc1ccc(-c2csc(NC(=O)c3ccc4c(c3)C(=O)N(Cc3ccco3)C4=O)n2)cc1. The number of hydrogen-bond donors (Lipinski definition) is 1. The Bertz CT molecular complexity index is 1340. The van der Waals surface area contributed by atoms with Crippen molar-refractivity contribution in [1.82, 2.24) is 9.88 Å². The fourth-order valence-electron chi connectivity index (χ4n) is 3.49. The largest absolute Gasteiger partial charge is 0.467 e. The predicted molar refractivity (Wildman–Crippen MR) is 120 cm³/mol. The lowest BCUT2D eigenvalue weighted by atomic mass is 10.1. The second-order valence-corrected chi connectivity index (χ2v) is 8.25. The smallest absolute Gasteiger partial charge is 0.261 e. The third-order valence-electron chi connectivity index (χ3n) is 5.20. The van der Waals surface area contributed by atoms with E-state index >= 15 is 0 Å². The first-order valence-corrected chi connectivity index (χ1v) is 10.7. The molecule has 1 aliphatic heterocycles. The number of anilines is 1. The lowest BCUT2D eigenvalue weighted by Gasteiger charge is -2.11. The molecule has 0 atom stereocenters. The molecule has 0 saturated carbocycles. The van der Waals surface area contributed by atoms with Crippen LogP contribution in [0, 0.1) is 6.92 Å². The highest BCUT2D eigenvalue weighted by Crippen LogP contribution is 2.28. The first kappa shape index (κ1) is 19.9. The van der Waals surface area contributed by atoms with E-state index in [-0.39, 0.29) is 23.2 Å². The van der Waals surface area contributed by atoms with E-state index in [2.05, 4.69) is 10.3 Å². The van der Waals surface area contributed by atoms with Gasteiger partial charge in [0.2, 0.25) is 0 Å². The molecule has 1 aliphatic rings. The number of thiazole rings is 1. The number of imide groups is 1. The molecule has 1 N–H and O–H groups in total. The summed E-state index contributed by atoms with van der Waals surface area (Å²) in [6.45, 7) is 2.06. The maximum absolute atomic E-state index is 12.8. The van der Waals surface area contributed by atoms with Crippen molar-refractivity contribution in [3.05, 3.63) is 94.3 Å². The number of benzene rings is 2. The lowest BCUT2D eigenvalue weighted by molar-refractivity contribution is 0.0631. The van der Waals surface area contributed by atoms with E-state index in [9.17, 15) is 14.4 Å². The van der Waals surface area contributed by atoms with E-state index in [0.717, 1.165) is 21.7 Å². The minimum absolute atomic E-state index is 0.0434. The Balaban J connectivity index is 1.33. The summed E-state index contributed by atoms with van der Waals surface area (Å²) in [4.78, 5) is 43.7. The summed E-state index contributed by atoms with van der Waals surface area (Å²) in [5, 5.41) is 5.09. The second kappa shape index (κ2) is 7.90. The highest BCUT2D eigenvalue weighted by atomic mass is 32.1. The van der Waals surface area contributed by atoms with E-state index in [0.29, 0.717) is 10.9 Å². The molecule has 158 valence electrons. The van der Waals surface area contributed by atoms with Gasteiger partial charge < -0.3 is 4.42 Å². The molecule has 3 amide bonds. The van der Waals surface area contributed by atoms with Crippen molar-refractivity contribution in [2.75, 3.05) is 5.32 Å². The number of rotatable bonds is 5. The van der Waals surface area contributed by atoms with Crippen LogP contribution in [0.1, 0.15) is 42.4 Å². The van der Waals surface area contributed by atoms with Crippen LogP contribution in [0.2, 0.25) is 0 Å². The standard InChI is InChI=1S/C24H17N3O4S/c1-14-4-6-15(7-5-14)20-13-32-24(25-20)26-21(28)16-8-9-18-19(11-16)23(30)27(22(18)29)12-17-3-2-10-31-17/h2-11,13H,12H2,1H3,(H,25,26,28). The molecule has 32 heavy (non-hydrogen) atoms. The summed E-state index contributed by atoms with van der Waals surface area (Å²) in [6, 6.07) is 15.8. The summed E-state index contributed by atoms with van der Waals surface area (Å²) in [5.41, 5.74) is 3.64. The average molecular weight is 443 g/mol. The molecule has 5 rings (SSSR count). The number of hydrogen-bond acceptors (Lipinski definition) is 6. The maximum Gasteiger partial charge on any atom is 0.261 e. The van der Waals surface area contributed by atoms with Crippen LogP contribution in [0.3, 0.4) is 0 Å². The third kappa shape index (κ3) is 3.61. The summed E-state index contributed by atoms with van der Waals surface area (Å²) >= 11 is 1.32. The second-order valence-electron chi connectivity index (χ2n) is 7.39. The highest BCUT2D eigenvalue weighted by molar-refractivity contribution is 7.14. The molecule has 0 radical (unpaired) electrons. The van der Waals surface area contributed by atoms with Gasteiger partial charge in [-0.3, -0.25) is 24.6 Å². The van der Waals surface area contributed by atoms with E-state index in [1.807, 2.05) is 36.6 Å². The molecular formula is C24H17N3O4S. The number of nitrogens with zero attached hydrogens (tertiary/aromatic N) is 2. The van der Waals surface area contributed by atoms with Gasteiger partial charge in [-0.25, -0.2) is 4.98 Å². The molecular weight excluding hydrogens is 426 g/mol. The van der Waals surface area contributed by atoms with Crippen molar-refractivity contribution in [2.45, 2.75) is 13.5 Å². The normalized spacial score (nSPS) is 12.8. The van der Waals surface area contributed by atoms with Crippen LogP contribution in [-0.4, -0.2) is 27.6 Å². The number of carbonyl (C=O) groups excluding carboxylic acids is 3. The lowest BCUT2D eigenvalue weighted by Crippen LogP contribution is -2.28. The summed E-state index contributed by atoms with van der Waals surface area (Å²) in [5.74, 6) is -0.754. The fraction of sp³-hybridized carbons (Fsp3) is 0.0833. The van der Waals surface area contributed by atoms with Gasteiger partial charge in [-0.05, 0) is 37.3 Å². The Labute approximate surface area is 187 Å². The Kier molecular flexibility index (Phi) is 4.91. The summed E-state index contributed by atoms with van der Waals surface area (Å²) < 4.78 is 5.24. The molecule has 0 spiro atoms. The highest BCUT2D eigenvalue weighted by Gasteiger charge is 2.36.